The molecule has 2 N–H and O–H groups in total. The van der Waals surface area contributed by atoms with E-state index in [1.807, 2.05) is 6.07 Å². The Hall–Kier alpha value is -3.31. The zero-order chi connectivity index (χ0) is 18.7. The smallest absolute Gasteiger partial charge is 0.269 e. The van der Waals surface area contributed by atoms with Gasteiger partial charge in [-0.1, -0.05) is 18.2 Å². The average Bonchev–Trinajstić information content (AvgIpc) is 3.36. The van der Waals surface area contributed by atoms with Crippen molar-refractivity contribution in [3.63, 3.8) is 0 Å². The van der Waals surface area contributed by atoms with Crippen LogP contribution in [0.2, 0.25) is 0 Å². The summed E-state index contributed by atoms with van der Waals surface area (Å²) in [5.41, 5.74) is 0.874. The van der Waals surface area contributed by atoms with E-state index in [1.165, 1.54) is 18.7 Å². The van der Waals surface area contributed by atoms with E-state index < -0.39 is 10.0 Å². The van der Waals surface area contributed by atoms with Crippen LogP contribution in [0.25, 0.3) is 11.3 Å². The van der Waals surface area contributed by atoms with Gasteiger partial charge in [0.1, 0.15) is 12.1 Å². The molecule has 3 heterocycles. The maximum absolute atomic E-state index is 13.1. The lowest BCUT2D eigenvalue weighted by molar-refractivity contribution is 0.448. The third-order valence-corrected chi connectivity index (χ3v) is 5.58. The van der Waals surface area contributed by atoms with Crippen LogP contribution in [0.3, 0.4) is 0 Å². The third kappa shape index (κ3) is 3.64. The summed E-state index contributed by atoms with van der Waals surface area (Å²) in [4.78, 5) is 7.87. The second-order valence-corrected chi connectivity index (χ2v) is 7.63. The average molecular weight is 400 g/mol. The standard InChI is InChI=1S/C16H12N6O3S2/c23-27(24,22-16-18-10-20-26-16)14-12(13-7-9-19-21-13)6-8-17-15(14)25-11-4-2-1-3-5-11/h1-10H,(H,19,21)(H,18,20,22). The zero-order valence-electron chi connectivity index (χ0n) is 13.6. The minimum absolute atomic E-state index is 0.0645. The fourth-order valence-corrected chi connectivity index (χ4v) is 4.31. The molecule has 27 heavy (non-hydrogen) atoms. The molecule has 0 saturated heterocycles. The summed E-state index contributed by atoms with van der Waals surface area (Å²) in [6.07, 6.45) is 4.27. The molecule has 0 radical (unpaired) electrons. The normalized spacial score (nSPS) is 11.3. The lowest BCUT2D eigenvalue weighted by atomic mass is 10.2. The number of pyridine rings is 1. The summed E-state index contributed by atoms with van der Waals surface area (Å²) in [7, 11) is -4.07. The molecule has 0 bridgehead atoms. The van der Waals surface area contributed by atoms with Crippen molar-refractivity contribution >= 4 is 26.7 Å². The zero-order valence-corrected chi connectivity index (χ0v) is 15.2. The Balaban J connectivity index is 1.85. The molecule has 0 unspecified atom stereocenters. The van der Waals surface area contributed by atoms with Gasteiger partial charge >= 0.3 is 0 Å². The largest absolute Gasteiger partial charge is 0.438 e. The summed E-state index contributed by atoms with van der Waals surface area (Å²) >= 11 is 0.925. The molecule has 0 amide bonds. The van der Waals surface area contributed by atoms with Crippen LogP contribution in [-0.4, -0.2) is 33.0 Å². The highest BCUT2D eigenvalue weighted by molar-refractivity contribution is 7.93. The number of aromatic nitrogens is 5. The van der Waals surface area contributed by atoms with Crippen LogP contribution in [0.5, 0.6) is 11.6 Å². The van der Waals surface area contributed by atoms with Crippen molar-refractivity contribution in [2.45, 2.75) is 4.90 Å². The number of hydrogen-bond donors (Lipinski definition) is 2. The molecule has 136 valence electrons. The SMILES string of the molecule is O=S(=O)(Nc1ncns1)c1c(-c2ccn[nH]2)ccnc1Oc1ccccc1. The number of para-hydroxylation sites is 1. The van der Waals surface area contributed by atoms with Gasteiger partial charge in [-0.05, 0) is 24.3 Å². The van der Waals surface area contributed by atoms with Crippen LogP contribution in [-0.2, 0) is 10.0 Å². The molecule has 0 fully saturated rings. The number of rotatable bonds is 6. The van der Waals surface area contributed by atoms with Crippen molar-refractivity contribution in [3.05, 3.63) is 61.2 Å². The van der Waals surface area contributed by atoms with Crippen LogP contribution in [0, 0.1) is 0 Å². The van der Waals surface area contributed by atoms with Crippen LogP contribution < -0.4 is 9.46 Å². The Morgan fingerprint density at radius 3 is 2.59 bits per heavy atom. The predicted octanol–water partition coefficient (Wildman–Crippen LogP) is 2.92. The number of hydrogen-bond acceptors (Lipinski definition) is 8. The molecule has 0 spiro atoms. The minimum Gasteiger partial charge on any atom is -0.438 e. The second kappa shape index (κ2) is 7.13. The molecule has 9 nitrogen and oxygen atoms in total. The quantitative estimate of drug-likeness (QED) is 0.510. The van der Waals surface area contributed by atoms with Crippen molar-refractivity contribution in [2.24, 2.45) is 0 Å². The summed E-state index contributed by atoms with van der Waals surface area (Å²) < 4.78 is 38.2. The first-order valence-corrected chi connectivity index (χ1v) is 9.90. The molecule has 4 aromatic rings. The number of H-pyrrole nitrogens is 1. The maximum Gasteiger partial charge on any atom is 0.269 e. The lowest BCUT2D eigenvalue weighted by Crippen LogP contribution is -2.15. The molecule has 4 rings (SSSR count). The summed E-state index contributed by atoms with van der Waals surface area (Å²) in [5, 5.41) is 6.79. The molecule has 0 aliphatic heterocycles. The van der Waals surface area contributed by atoms with E-state index in [0.29, 0.717) is 17.0 Å². The Morgan fingerprint density at radius 1 is 1.04 bits per heavy atom. The first-order valence-electron chi connectivity index (χ1n) is 7.64. The van der Waals surface area contributed by atoms with Crippen molar-refractivity contribution < 1.29 is 13.2 Å². The van der Waals surface area contributed by atoms with Gasteiger partial charge in [0.2, 0.25) is 11.0 Å². The van der Waals surface area contributed by atoms with Crippen molar-refractivity contribution in [2.75, 3.05) is 4.72 Å². The van der Waals surface area contributed by atoms with Gasteiger partial charge in [-0.3, -0.25) is 9.82 Å². The number of benzene rings is 1. The van der Waals surface area contributed by atoms with E-state index in [-0.39, 0.29) is 15.9 Å². The summed E-state index contributed by atoms with van der Waals surface area (Å²) in [6.45, 7) is 0. The summed E-state index contributed by atoms with van der Waals surface area (Å²) in [6, 6.07) is 12.0. The van der Waals surface area contributed by atoms with Crippen LogP contribution in [0.15, 0.2) is 66.1 Å². The maximum atomic E-state index is 13.1. The van der Waals surface area contributed by atoms with Crippen LogP contribution in [0.4, 0.5) is 5.13 Å². The molecule has 3 aromatic heterocycles. The Bertz CT molecular complexity index is 1130. The highest BCUT2D eigenvalue weighted by atomic mass is 32.2. The third-order valence-electron chi connectivity index (χ3n) is 3.47. The number of sulfonamides is 1. The van der Waals surface area contributed by atoms with E-state index in [2.05, 4.69) is 29.3 Å². The van der Waals surface area contributed by atoms with E-state index in [4.69, 9.17) is 4.74 Å². The molecule has 1 aromatic carbocycles. The number of anilines is 1. The van der Waals surface area contributed by atoms with Crippen LogP contribution in [0.1, 0.15) is 0 Å². The van der Waals surface area contributed by atoms with Gasteiger partial charge in [-0.15, -0.1) is 0 Å². The van der Waals surface area contributed by atoms with E-state index in [9.17, 15) is 8.42 Å². The molecule has 0 saturated carbocycles. The van der Waals surface area contributed by atoms with Crippen molar-refractivity contribution in [3.8, 4) is 22.9 Å². The molecule has 11 heteroatoms. The molecule has 0 aliphatic rings. The van der Waals surface area contributed by atoms with Crippen LogP contribution >= 0.6 is 11.5 Å². The predicted molar refractivity (Wildman–Crippen MR) is 99.1 cm³/mol. The lowest BCUT2D eigenvalue weighted by Gasteiger charge is -2.14. The number of nitrogens with one attached hydrogen (secondary N) is 2. The van der Waals surface area contributed by atoms with Gasteiger partial charge < -0.3 is 4.74 Å². The second-order valence-electron chi connectivity index (χ2n) is 5.23. The monoisotopic (exact) mass is 400 g/mol. The first-order chi connectivity index (χ1) is 13.1. The number of ether oxygens (including phenoxy) is 1. The summed E-state index contributed by atoms with van der Waals surface area (Å²) in [5.74, 6) is 0.393. The topological polar surface area (TPSA) is 123 Å². The number of aromatic amines is 1. The van der Waals surface area contributed by atoms with Gasteiger partial charge in [0, 0.05) is 29.5 Å². The first kappa shape index (κ1) is 17.1. The Morgan fingerprint density at radius 2 is 1.89 bits per heavy atom. The molecule has 0 atom stereocenters. The fraction of sp³-hybridized carbons (Fsp3) is 0. The van der Waals surface area contributed by atoms with Gasteiger partial charge in [0.05, 0.1) is 5.69 Å². The van der Waals surface area contributed by atoms with Gasteiger partial charge in [-0.25, -0.2) is 18.4 Å². The van der Waals surface area contributed by atoms with E-state index in [0.717, 1.165) is 11.5 Å². The number of nitrogens with zero attached hydrogens (tertiary/aromatic N) is 4. The van der Waals surface area contributed by atoms with Gasteiger partial charge in [-0.2, -0.15) is 9.47 Å². The van der Waals surface area contributed by atoms with Gasteiger partial charge in [0.15, 0.2) is 4.90 Å². The van der Waals surface area contributed by atoms with E-state index >= 15 is 0 Å². The van der Waals surface area contributed by atoms with Crippen molar-refractivity contribution in [1.29, 1.82) is 0 Å². The van der Waals surface area contributed by atoms with E-state index in [1.54, 1.807) is 36.4 Å². The molecular formula is C16H12N6O3S2. The van der Waals surface area contributed by atoms with Crippen molar-refractivity contribution in [1.82, 2.24) is 24.5 Å². The molecular weight excluding hydrogens is 388 g/mol. The highest BCUT2D eigenvalue weighted by Crippen LogP contribution is 2.35. The fourth-order valence-electron chi connectivity index (χ4n) is 2.36. The Kier molecular flexibility index (Phi) is 4.52. The highest BCUT2D eigenvalue weighted by Gasteiger charge is 2.28. The molecule has 0 aliphatic carbocycles. The Labute approximate surface area is 158 Å². The minimum atomic E-state index is -4.07. The van der Waals surface area contributed by atoms with Gasteiger partial charge in [0.25, 0.3) is 10.0 Å².